The van der Waals surface area contributed by atoms with Crippen LogP contribution in [0.3, 0.4) is 0 Å². The van der Waals surface area contributed by atoms with E-state index in [0.29, 0.717) is 33.3 Å². The van der Waals surface area contributed by atoms with Gasteiger partial charge in [-0.2, -0.15) is 5.26 Å². The van der Waals surface area contributed by atoms with Crippen LogP contribution in [0.1, 0.15) is 19.4 Å². The van der Waals surface area contributed by atoms with Crippen LogP contribution in [0.2, 0.25) is 0 Å². The monoisotopic (exact) mass is 466 g/mol. The lowest BCUT2D eigenvalue weighted by molar-refractivity contribution is -0.120. The zero-order valence-electron chi connectivity index (χ0n) is 17.4. The third-order valence-electron chi connectivity index (χ3n) is 5.09. The number of anilines is 3. The van der Waals surface area contributed by atoms with Gasteiger partial charge in [0.15, 0.2) is 10.2 Å². The summed E-state index contributed by atoms with van der Waals surface area (Å²) in [6.07, 6.45) is 0. The van der Waals surface area contributed by atoms with Crippen LogP contribution in [-0.2, 0) is 4.79 Å². The fourth-order valence-electron chi connectivity index (χ4n) is 3.58. The molecule has 162 valence electrons. The maximum absolute atomic E-state index is 13.4. The Hall–Kier alpha value is -3.75. The highest BCUT2D eigenvalue weighted by Gasteiger charge is 2.50. The lowest BCUT2D eigenvalue weighted by Gasteiger charge is -2.29. The minimum Gasteiger partial charge on any atom is -0.495 e. The molecule has 2 aromatic carbocycles. The summed E-state index contributed by atoms with van der Waals surface area (Å²) >= 11 is 7.00. The molecular formula is C21H18N6O3S2. The van der Waals surface area contributed by atoms with E-state index in [2.05, 4.69) is 16.4 Å². The fourth-order valence-corrected chi connectivity index (χ4v) is 4.95. The van der Waals surface area contributed by atoms with Crippen molar-refractivity contribution in [3.05, 3.63) is 42.0 Å². The van der Waals surface area contributed by atoms with E-state index in [1.54, 1.807) is 36.9 Å². The number of rotatable bonds is 4. The topological polar surface area (TPSA) is 125 Å². The largest absolute Gasteiger partial charge is 0.495 e. The summed E-state index contributed by atoms with van der Waals surface area (Å²) in [5.41, 5.74) is 6.39. The van der Waals surface area contributed by atoms with Crippen molar-refractivity contribution in [3.8, 4) is 11.8 Å². The first-order valence-electron chi connectivity index (χ1n) is 9.41. The molecule has 9 nitrogen and oxygen atoms in total. The highest BCUT2D eigenvalue weighted by atomic mass is 32.1. The van der Waals surface area contributed by atoms with Gasteiger partial charge in [0.25, 0.3) is 5.91 Å². The first-order valence-corrected chi connectivity index (χ1v) is 10.6. The lowest BCUT2D eigenvalue weighted by Crippen LogP contribution is -2.44. The van der Waals surface area contributed by atoms with E-state index in [0.717, 1.165) is 4.70 Å². The van der Waals surface area contributed by atoms with Gasteiger partial charge in [0.2, 0.25) is 0 Å². The van der Waals surface area contributed by atoms with Crippen LogP contribution in [0.15, 0.2) is 36.4 Å². The number of urea groups is 1. The number of amides is 3. The van der Waals surface area contributed by atoms with E-state index in [1.165, 1.54) is 23.3 Å². The van der Waals surface area contributed by atoms with Crippen LogP contribution in [0.5, 0.6) is 5.75 Å². The molecule has 2 heterocycles. The molecule has 0 unspecified atom stereocenters. The smallest absolute Gasteiger partial charge is 0.318 e. The van der Waals surface area contributed by atoms with Gasteiger partial charge in [-0.15, -0.1) is 0 Å². The quantitative estimate of drug-likeness (QED) is 0.563. The Kier molecular flexibility index (Phi) is 5.20. The first kappa shape index (κ1) is 21.5. The van der Waals surface area contributed by atoms with Crippen molar-refractivity contribution in [1.82, 2.24) is 4.98 Å². The van der Waals surface area contributed by atoms with Crippen LogP contribution in [0.4, 0.5) is 21.3 Å². The predicted octanol–water partition coefficient (Wildman–Crippen LogP) is 3.58. The molecule has 1 aliphatic heterocycles. The SMILES string of the molecule is COc1cc(N2C(=O)C(C)(C)N(c3ccc4sc(NC(N)=O)nc4c3)C2=S)ccc1C#N. The number of nitrogens with zero attached hydrogens (tertiary/aromatic N) is 4. The Bertz CT molecular complexity index is 1330. The Morgan fingerprint density at radius 3 is 2.66 bits per heavy atom. The van der Waals surface area contributed by atoms with E-state index < -0.39 is 11.6 Å². The normalized spacial score (nSPS) is 15.2. The predicted molar refractivity (Wildman–Crippen MR) is 127 cm³/mol. The van der Waals surface area contributed by atoms with Gasteiger partial charge in [-0.25, -0.2) is 9.78 Å². The summed E-state index contributed by atoms with van der Waals surface area (Å²) in [7, 11) is 1.46. The molecular weight excluding hydrogens is 448 g/mol. The minimum absolute atomic E-state index is 0.219. The van der Waals surface area contributed by atoms with Gasteiger partial charge in [-0.05, 0) is 56.4 Å². The van der Waals surface area contributed by atoms with Crippen molar-refractivity contribution in [2.45, 2.75) is 19.4 Å². The second-order valence-corrected chi connectivity index (χ2v) is 8.87. The maximum atomic E-state index is 13.4. The molecule has 1 saturated heterocycles. The highest BCUT2D eigenvalue weighted by Crippen LogP contribution is 2.39. The van der Waals surface area contributed by atoms with E-state index >= 15 is 0 Å². The van der Waals surface area contributed by atoms with Crippen LogP contribution < -0.4 is 25.6 Å². The number of fused-ring (bicyclic) bond motifs is 1. The Balaban J connectivity index is 1.75. The first-order chi connectivity index (χ1) is 15.2. The number of aromatic nitrogens is 1. The maximum Gasteiger partial charge on any atom is 0.318 e. The summed E-state index contributed by atoms with van der Waals surface area (Å²) in [4.78, 5) is 32.1. The number of nitriles is 1. The number of carbonyl (C=O) groups excluding carboxylic acids is 2. The van der Waals surface area contributed by atoms with Gasteiger partial charge < -0.3 is 15.4 Å². The number of primary amides is 1. The zero-order chi connectivity index (χ0) is 23.2. The molecule has 0 radical (unpaired) electrons. The third-order valence-corrected chi connectivity index (χ3v) is 6.41. The van der Waals surface area contributed by atoms with Crippen LogP contribution in [-0.4, -0.2) is 34.7 Å². The summed E-state index contributed by atoms with van der Waals surface area (Å²) in [6, 6.07) is 11.7. The summed E-state index contributed by atoms with van der Waals surface area (Å²) in [5.74, 6) is 0.138. The van der Waals surface area contributed by atoms with Gasteiger partial charge in [-0.1, -0.05) is 11.3 Å². The van der Waals surface area contributed by atoms with E-state index in [1.807, 2.05) is 18.2 Å². The van der Waals surface area contributed by atoms with Crippen LogP contribution in [0, 0.1) is 11.3 Å². The number of benzene rings is 2. The van der Waals surface area contributed by atoms with Crippen molar-refractivity contribution in [2.24, 2.45) is 5.73 Å². The van der Waals surface area contributed by atoms with Crippen molar-refractivity contribution in [3.63, 3.8) is 0 Å². The molecule has 11 heteroatoms. The van der Waals surface area contributed by atoms with Crippen LogP contribution >= 0.6 is 23.6 Å². The zero-order valence-corrected chi connectivity index (χ0v) is 19.0. The molecule has 3 aromatic rings. The number of hydrogen-bond acceptors (Lipinski definition) is 7. The number of methoxy groups -OCH3 is 1. The number of thiazole rings is 1. The Morgan fingerprint density at radius 1 is 1.28 bits per heavy atom. The number of nitrogens with two attached hydrogens (primary N) is 1. The molecule has 4 rings (SSSR count). The lowest BCUT2D eigenvalue weighted by atomic mass is 10.0. The molecule has 0 atom stereocenters. The van der Waals surface area contributed by atoms with Gasteiger partial charge in [-0.3, -0.25) is 15.0 Å². The Morgan fingerprint density at radius 2 is 2.00 bits per heavy atom. The average Bonchev–Trinajstić information content (AvgIpc) is 3.21. The molecule has 0 spiro atoms. The fraction of sp³-hybridized carbons (Fsp3) is 0.190. The molecule has 1 fully saturated rings. The summed E-state index contributed by atoms with van der Waals surface area (Å²) in [6.45, 7) is 3.57. The van der Waals surface area contributed by atoms with E-state index in [9.17, 15) is 14.9 Å². The number of nitrogens with one attached hydrogen (secondary N) is 1. The third kappa shape index (κ3) is 3.39. The van der Waals surface area contributed by atoms with Gasteiger partial charge in [0.1, 0.15) is 17.4 Å². The van der Waals surface area contributed by atoms with E-state index in [-0.39, 0.29) is 11.0 Å². The van der Waals surface area contributed by atoms with Gasteiger partial charge >= 0.3 is 6.03 Å². The molecule has 0 aliphatic carbocycles. The van der Waals surface area contributed by atoms with Crippen molar-refractivity contribution >= 4 is 67.3 Å². The molecule has 0 saturated carbocycles. The van der Waals surface area contributed by atoms with Crippen molar-refractivity contribution in [1.29, 1.82) is 5.26 Å². The number of ether oxygens (including phenoxy) is 1. The van der Waals surface area contributed by atoms with Crippen molar-refractivity contribution in [2.75, 3.05) is 22.2 Å². The summed E-state index contributed by atoms with van der Waals surface area (Å²) < 4.78 is 6.13. The molecule has 3 N–H and O–H groups in total. The van der Waals surface area contributed by atoms with Crippen molar-refractivity contribution < 1.29 is 14.3 Å². The van der Waals surface area contributed by atoms with Gasteiger partial charge in [0, 0.05) is 11.8 Å². The standard InChI is InChI=1S/C21H18N6O3S2/c1-21(2)17(28)26(12-5-4-11(10-22)15(9-12)30-3)20(31)27(21)13-6-7-16-14(8-13)24-19(32-16)25-18(23)29/h4-9H,1-3H3,(H3,23,24,25,29). The number of thiocarbonyl (C=S) groups is 1. The molecule has 3 amide bonds. The molecule has 1 aliphatic rings. The molecule has 1 aromatic heterocycles. The van der Waals surface area contributed by atoms with Crippen LogP contribution in [0.25, 0.3) is 10.2 Å². The number of hydrogen-bond donors (Lipinski definition) is 2. The second-order valence-electron chi connectivity index (χ2n) is 7.47. The number of carbonyl (C=O) groups is 2. The Labute approximate surface area is 193 Å². The van der Waals surface area contributed by atoms with Gasteiger partial charge in [0.05, 0.1) is 28.6 Å². The molecule has 0 bridgehead atoms. The average molecular weight is 467 g/mol. The van der Waals surface area contributed by atoms with E-state index in [4.69, 9.17) is 22.7 Å². The molecule has 32 heavy (non-hydrogen) atoms. The summed E-state index contributed by atoms with van der Waals surface area (Å²) in [5, 5.41) is 12.4. The second kappa shape index (κ2) is 7.74. The minimum atomic E-state index is -0.976. The highest BCUT2D eigenvalue weighted by molar-refractivity contribution is 7.81.